The van der Waals surface area contributed by atoms with E-state index in [4.69, 9.17) is 4.42 Å². The molecule has 3 rings (SSSR count). The zero-order valence-corrected chi connectivity index (χ0v) is 14.8. The van der Waals surface area contributed by atoms with Crippen LogP contribution < -0.4 is 5.32 Å². The smallest absolute Gasteiger partial charge is 0.287 e. The molecule has 0 spiro atoms. The molecule has 0 aromatic carbocycles. The van der Waals surface area contributed by atoms with Crippen molar-refractivity contribution >= 4 is 17.7 Å². The number of nitrogens with one attached hydrogen (secondary N) is 1. The van der Waals surface area contributed by atoms with Gasteiger partial charge in [-0.15, -0.1) is 0 Å². The van der Waals surface area contributed by atoms with Gasteiger partial charge in [-0.3, -0.25) is 9.78 Å². The summed E-state index contributed by atoms with van der Waals surface area (Å²) in [6.07, 6.45) is 1.69. The Morgan fingerprint density at radius 2 is 1.96 bits per heavy atom. The molecule has 0 bridgehead atoms. The van der Waals surface area contributed by atoms with Crippen LogP contribution in [0.25, 0.3) is 0 Å². The maximum absolute atomic E-state index is 12.1. The van der Waals surface area contributed by atoms with Gasteiger partial charge in [0.25, 0.3) is 5.91 Å². The Balaban J connectivity index is 1.55. The van der Waals surface area contributed by atoms with Crippen molar-refractivity contribution in [1.29, 1.82) is 0 Å². The van der Waals surface area contributed by atoms with E-state index in [1.807, 2.05) is 38.1 Å². The van der Waals surface area contributed by atoms with Gasteiger partial charge in [0.2, 0.25) is 0 Å². The fourth-order valence-electron chi connectivity index (χ4n) is 2.23. The summed E-state index contributed by atoms with van der Waals surface area (Å²) >= 11 is 1.48. The number of aromatic nitrogens is 3. The van der Waals surface area contributed by atoms with Gasteiger partial charge >= 0.3 is 0 Å². The zero-order chi connectivity index (χ0) is 17.6. The second-order valence-corrected chi connectivity index (χ2v) is 6.43. The molecule has 0 atom stereocenters. The average molecular weight is 354 g/mol. The molecule has 0 aliphatic carbocycles. The second kappa shape index (κ2) is 7.94. The Labute approximate surface area is 150 Å². The van der Waals surface area contributed by atoms with Crippen LogP contribution >= 0.6 is 11.8 Å². The van der Waals surface area contributed by atoms with Crippen molar-refractivity contribution in [1.82, 2.24) is 20.3 Å². The lowest BCUT2D eigenvalue weighted by Crippen LogP contribution is -2.22. The largest absolute Gasteiger partial charge is 0.455 e. The molecule has 3 heterocycles. The molecule has 0 aliphatic rings. The summed E-state index contributed by atoms with van der Waals surface area (Å²) in [7, 11) is 0. The first-order valence-electron chi connectivity index (χ1n) is 7.82. The van der Waals surface area contributed by atoms with Crippen molar-refractivity contribution in [3.8, 4) is 0 Å². The lowest BCUT2D eigenvalue weighted by molar-refractivity contribution is 0.0921. The summed E-state index contributed by atoms with van der Waals surface area (Å²) in [6, 6.07) is 11.0. The van der Waals surface area contributed by atoms with Crippen LogP contribution in [0.5, 0.6) is 0 Å². The number of nitrogens with zero attached hydrogens (tertiary/aromatic N) is 3. The quantitative estimate of drug-likeness (QED) is 0.540. The minimum Gasteiger partial charge on any atom is -0.455 e. The summed E-state index contributed by atoms with van der Waals surface area (Å²) < 4.78 is 5.61. The predicted octanol–water partition coefficient (Wildman–Crippen LogP) is 3.30. The zero-order valence-electron chi connectivity index (χ0n) is 14.0. The van der Waals surface area contributed by atoms with Gasteiger partial charge in [0.15, 0.2) is 10.9 Å². The molecular formula is C18H18N4O2S. The number of hydrogen-bond donors (Lipinski definition) is 1. The van der Waals surface area contributed by atoms with Crippen molar-refractivity contribution in [2.75, 3.05) is 0 Å². The first kappa shape index (κ1) is 17.2. The van der Waals surface area contributed by atoms with E-state index in [2.05, 4.69) is 20.3 Å². The summed E-state index contributed by atoms with van der Waals surface area (Å²) in [6.45, 7) is 4.24. The van der Waals surface area contributed by atoms with Crippen LogP contribution in [0.2, 0.25) is 0 Å². The first-order valence-corrected chi connectivity index (χ1v) is 8.80. The van der Waals surface area contributed by atoms with Gasteiger partial charge in [0.1, 0.15) is 5.76 Å². The van der Waals surface area contributed by atoms with E-state index in [9.17, 15) is 4.79 Å². The van der Waals surface area contributed by atoms with Crippen LogP contribution in [-0.2, 0) is 12.3 Å². The fourth-order valence-corrected chi connectivity index (χ4v) is 3.08. The van der Waals surface area contributed by atoms with Crippen LogP contribution in [0.3, 0.4) is 0 Å². The number of aryl methyl sites for hydroxylation is 2. The Morgan fingerprint density at radius 1 is 1.16 bits per heavy atom. The maximum Gasteiger partial charge on any atom is 0.287 e. The molecule has 128 valence electrons. The van der Waals surface area contributed by atoms with Crippen LogP contribution in [0.1, 0.15) is 33.4 Å². The second-order valence-electron chi connectivity index (χ2n) is 5.49. The van der Waals surface area contributed by atoms with Gasteiger partial charge in [0.05, 0.1) is 18.0 Å². The van der Waals surface area contributed by atoms with Crippen LogP contribution in [0.4, 0.5) is 0 Å². The SMILES string of the molecule is Cc1cc(C)nc(SCc2ccc(C(=O)NCc3ccccn3)o2)n1. The van der Waals surface area contributed by atoms with Crippen molar-refractivity contribution in [2.45, 2.75) is 31.3 Å². The van der Waals surface area contributed by atoms with Gasteiger partial charge in [-0.25, -0.2) is 9.97 Å². The number of furan rings is 1. The normalized spacial score (nSPS) is 10.6. The monoisotopic (exact) mass is 354 g/mol. The standard InChI is InChI=1S/C18H18N4O2S/c1-12-9-13(2)22-18(21-12)25-11-15-6-7-16(24-15)17(23)20-10-14-5-3-4-8-19-14/h3-9H,10-11H2,1-2H3,(H,20,23). The molecule has 3 aromatic rings. The Hall–Kier alpha value is -2.67. The predicted molar refractivity (Wildman–Crippen MR) is 95.2 cm³/mol. The highest BCUT2D eigenvalue weighted by Gasteiger charge is 2.12. The summed E-state index contributed by atoms with van der Waals surface area (Å²) in [5, 5.41) is 3.49. The molecule has 0 saturated carbocycles. The molecule has 3 aromatic heterocycles. The highest BCUT2D eigenvalue weighted by Crippen LogP contribution is 2.21. The molecule has 25 heavy (non-hydrogen) atoms. The van der Waals surface area contributed by atoms with Gasteiger partial charge in [-0.2, -0.15) is 0 Å². The summed E-state index contributed by atoms with van der Waals surface area (Å²) in [4.78, 5) is 25.1. The van der Waals surface area contributed by atoms with E-state index in [0.717, 1.165) is 17.1 Å². The molecule has 1 amide bonds. The minimum absolute atomic E-state index is 0.260. The summed E-state index contributed by atoms with van der Waals surface area (Å²) in [5.41, 5.74) is 2.67. The van der Waals surface area contributed by atoms with Crippen molar-refractivity contribution < 1.29 is 9.21 Å². The van der Waals surface area contributed by atoms with E-state index in [0.29, 0.717) is 23.2 Å². The lowest BCUT2D eigenvalue weighted by atomic mass is 10.3. The Bertz CT molecular complexity index is 844. The van der Waals surface area contributed by atoms with Gasteiger partial charge in [-0.05, 0) is 44.2 Å². The highest BCUT2D eigenvalue weighted by atomic mass is 32.2. The summed E-state index contributed by atoms with van der Waals surface area (Å²) in [5.74, 6) is 1.30. The van der Waals surface area contributed by atoms with Gasteiger partial charge in [-0.1, -0.05) is 17.8 Å². The highest BCUT2D eigenvalue weighted by molar-refractivity contribution is 7.98. The molecule has 0 aliphatic heterocycles. The van der Waals surface area contributed by atoms with Crippen LogP contribution in [-0.4, -0.2) is 20.9 Å². The Morgan fingerprint density at radius 3 is 2.68 bits per heavy atom. The number of carbonyl (C=O) groups is 1. The Kier molecular flexibility index (Phi) is 5.45. The molecule has 0 unspecified atom stereocenters. The molecule has 1 N–H and O–H groups in total. The molecule has 0 radical (unpaired) electrons. The number of amides is 1. The van der Waals surface area contributed by atoms with Crippen LogP contribution in [0.15, 0.2) is 52.2 Å². The number of rotatable bonds is 6. The number of thioether (sulfide) groups is 1. The molecular weight excluding hydrogens is 336 g/mol. The number of pyridine rings is 1. The van der Waals surface area contributed by atoms with E-state index >= 15 is 0 Å². The van der Waals surface area contributed by atoms with E-state index < -0.39 is 0 Å². The fraction of sp³-hybridized carbons (Fsp3) is 0.222. The van der Waals surface area contributed by atoms with E-state index in [-0.39, 0.29) is 11.7 Å². The maximum atomic E-state index is 12.1. The van der Waals surface area contributed by atoms with Gasteiger partial charge < -0.3 is 9.73 Å². The van der Waals surface area contributed by atoms with Crippen molar-refractivity contribution in [3.63, 3.8) is 0 Å². The van der Waals surface area contributed by atoms with Crippen molar-refractivity contribution in [2.24, 2.45) is 0 Å². The van der Waals surface area contributed by atoms with E-state index in [1.54, 1.807) is 18.3 Å². The third-order valence-corrected chi connectivity index (χ3v) is 4.22. The van der Waals surface area contributed by atoms with E-state index in [1.165, 1.54) is 11.8 Å². The number of hydrogen-bond acceptors (Lipinski definition) is 6. The third kappa shape index (κ3) is 4.90. The topological polar surface area (TPSA) is 80.9 Å². The minimum atomic E-state index is -0.260. The van der Waals surface area contributed by atoms with Gasteiger partial charge in [0, 0.05) is 17.6 Å². The lowest BCUT2D eigenvalue weighted by Gasteiger charge is -2.03. The molecule has 6 nitrogen and oxygen atoms in total. The number of carbonyl (C=O) groups excluding carboxylic acids is 1. The molecule has 0 saturated heterocycles. The third-order valence-electron chi connectivity index (χ3n) is 3.35. The molecule has 7 heteroatoms. The van der Waals surface area contributed by atoms with Crippen molar-refractivity contribution in [3.05, 3.63) is 71.2 Å². The first-order chi connectivity index (χ1) is 12.1. The average Bonchev–Trinajstić information content (AvgIpc) is 3.07. The molecule has 0 fully saturated rings. The van der Waals surface area contributed by atoms with Crippen LogP contribution in [0, 0.1) is 13.8 Å².